The number of aliphatic hydroxyl groups excluding tert-OH is 1. The molecule has 0 spiro atoms. The molecule has 0 aromatic heterocycles. The van der Waals surface area contributed by atoms with Gasteiger partial charge in [0, 0.05) is 29.0 Å². The largest absolute Gasteiger partial charge is 0.393 e. The lowest BCUT2D eigenvalue weighted by Gasteiger charge is -2.24. The number of hydrogen-bond donors (Lipinski definition) is 2. The number of amides is 1. The first-order valence-corrected chi connectivity index (χ1v) is 8.96. The molecule has 1 fully saturated rings. The first-order valence-electron chi connectivity index (χ1n) is 7.43. The maximum Gasteiger partial charge on any atom is 0.223 e. The summed E-state index contributed by atoms with van der Waals surface area (Å²) in [6.07, 6.45) is 2.99. The summed E-state index contributed by atoms with van der Waals surface area (Å²) in [7, 11) is 0. The van der Waals surface area contributed by atoms with Gasteiger partial charge >= 0.3 is 0 Å². The zero-order valence-electron chi connectivity index (χ0n) is 12.1. The SMILES string of the molecule is O=C(NCCSCc1cccc(Cl)c1)[C@@H]1CCC[C@H](O)C1. The maximum absolute atomic E-state index is 12.0. The second-order valence-electron chi connectivity index (χ2n) is 5.49. The normalized spacial score (nSPS) is 22.0. The van der Waals surface area contributed by atoms with Gasteiger partial charge in [-0.15, -0.1) is 0 Å². The van der Waals surface area contributed by atoms with Gasteiger partial charge in [-0.2, -0.15) is 11.8 Å². The molecule has 3 nitrogen and oxygen atoms in total. The molecule has 0 heterocycles. The van der Waals surface area contributed by atoms with Crippen molar-refractivity contribution in [2.45, 2.75) is 37.5 Å². The smallest absolute Gasteiger partial charge is 0.223 e. The molecular formula is C16H22ClNO2S. The van der Waals surface area contributed by atoms with Gasteiger partial charge in [-0.3, -0.25) is 4.79 Å². The van der Waals surface area contributed by atoms with E-state index < -0.39 is 0 Å². The first-order chi connectivity index (χ1) is 10.1. The minimum atomic E-state index is -0.299. The van der Waals surface area contributed by atoms with Crippen molar-refractivity contribution in [3.8, 4) is 0 Å². The number of nitrogens with one attached hydrogen (secondary N) is 1. The fourth-order valence-corrected chi connectivity index (χ4v) is 3.63. The Kier molecular flexibility index (Phi) is 6.87. The predicted octanol–water partition coefficient (Wildman–Crippen LogP) is 3.24. The number of halogens is 1. The highest BCUT2D eigenvalue weighted by atomic mass is 35.5. The Labute approximate surface area is 135 Å². The Bertz CT molecular complexity index is 469. The molecule has 1 aromatic carbocycles. The molecule has 0 bridgehead atoms. The van der Waals surface area contributed by atoms with Crippen LogP contribution in [-0.2, 0) is 10.5 Å². The number of aliphatic hydroxyl groups is 1. The molecule has 2 rings (SSSR count). The Morgan fingerprint density at radius 1 is 1.43 bits per heavy atom. The van der Waals surface area contributed by atoms with Crippen LogP contribution in [0.2, 0.25) is 5.02 Å². The van der Waals surface area contributed by atoms with Crippen molar-refractivity contribution in [3.05, 3.63) is 34.9 Å². The molecule has 2 N–H and O–H groups in total. The number of carbonyl (C=O) groups excluding carboxylic acids is 1. The van der Waals surface area contributed by atoms with Crippen molar-refractivity contribution in [3.63, 3.8) is 0 Å². The van der Waals surface area contributed by atoms with E-state index in [1.165, 1.54) is 5.56 Å². The van der Waals surface area contributed by atoms with Crippen LogP contribution in [0.15, 0.2) is 24.3 Å². The second kappa shape index (κ2) is 8.66. The lowest BCUT2D eigenvalue weighted by Crippen LogP contribution is -2.36. The average molecular weight is 328 g/mol. The van der Waals surface area contributed by atoms with Gasteiger partial charge in [-0.1, -0.05) is 30.2 Å². The minimum Gasteiger partial charge on any atom is -0.393 e. The molecule has 5 heteroatoms. The molecule has 0 aliphatic heterocycles. The third-order valence-electron chi connectivity index (χ3n) is 3.72. The summed E-state index contributed by atoms with van der Waals surface area (Å²) in [5.41, 5.74) is 1.20. The number of carbonyl (C=O) groups is 1. The highest BCUT2D eigenvalue weighted by molar-refractivity contribution is 7.98. The summed E-state index contributed by atoms with van der Waals surface area (Å²) in [6.45, 7) is 0.677. The molecule has 2 atom stereocenters. The topological polar surface area (TPSA) is 49.3 Å². The summed E-state index contributed by atoms with van der Waals surface area (Å²) in [5.74, 6) is 1.87. The number of rotatable bonds is 6. The zero-order chi connectivity index (χ0) is 15.1. The molecule has 1 aliphatic rings. The van der Waals surface area contributed by atoms with Gasteiger partial charge < -0.3 is 10.4 Å². The van der Waals surface area contributed by atoms with Crippen molar-refractivity contribution < 1.29 is 9.90 Å². The highest BCUT2D eigenvalue weighted by Gasteiger charge is 2.25. The van der Waals surface area contributed by atoms with E-state index in [1.807, 2.05) is 18.2 Å². The zero-order valence-corrected chi connectivity index (χ0v) is 13.6. The van der Waals surface area contributed by atoms with Crippen molar-refractivity contribution in [1.29, 1.82) is 0 Å². The van der Waals surface area contributed by atoms with Crippen LogP contribution in [0.25, 0.3) is 0 Å². The van der Waals surface area contributed by atoms with Crippen molar-refractivity contribution in [2.24, 2.45) is 5.92 Å². The summed E-state index contributed by atoms with van der Waals surface area (Å²) in [6, 6.07) is 7.85. The van der Waals surface area contributed by atoms with Crippen LogP contribution in [0.3, 0.4) is 0 Å². The average Bonchev–Trinajstić information content (AvgIpc) is 2.47. The standard InChI is InChI=1S/C16H22ClNO2S/c17-14-5-1-3-12(9-14)11-21-8-7-18-16(20)13-4-2-6-15(19)10-13/h1,3,5,9,13,15,19H,2,4,6-8,10-11H2,(H,18,20)/t13-,15+/m1/s1. The van der Waals surface area contributed by atoms with E-state index in [4.69, 9.17) is 11.6 Å². The number of hydrogen-bond acceptors (Lipinski definition) is 3. The molecule has 1 saturated carbocycles. The molecule has 0 unspecified atom stereocenters. The van der Waals surface area contributed by atoms with E-state index in [1.54, 1.807) is 11.8 Å². The molecular weight excluding hydrogens is 306 g/mol. The monoisotopic (exact) mass is 327 g/mol. The highest BCUT2D eigenvalue weighted by Crippen LogP contribution is 2.24. The van der Waals surface area contributed by atoms with Crippen molar-refractivity contribution in [1.82, 2.24) is 5.32 Å². The lowest BCUT2D eigenvalue weighted by molar-refractivity contribution is -0.127. The fraction of sp³-hybridized carbons (Fsp3) is 0.562. The summed E-state index contributed by atoms with van der Waals surface area (Å²) in [5, 5.41) is 13.3. The summed E-state index contributed by atoms with van der Waals surface area (Å²) < 4.78 is 0. The Hall–Kier alpha value is -0.710. The van der Waals surface area contributed by atoms with Crippen LogP contribution in [0.1, 0.15) is 31.2 Å². The van der Waals surface area contributed by atoms with Gasteiger partial charge in [0.2, 0.25) is 5.91 Å². The van der Waals surface area contributed by atoms with Crippen LogP contribution < -0.4 is 5.32 Å². The lowest BCUT2D eigenvalue weighted by atomic mass is 9.87. The Morgan fingerprint density at radius 2 is 2.29 bits per heavy atom. The fourth-order valence-electron chi connectivity index (χ4n) is 2.61. The van der Waals surface area contributed by atoms with E-state index in [0.717, 1.165) is 35.8 Å². The molecule has 1 amide bonds. The molecule has 1 aromatic rings. The van der Waals surface area contributed by atoms with Gasteiger partial charge in [-0.25, -0.2) is 0 Å². The van der Waals surface area contributed by atoms with E-state index in [-0.39, 0.29) is 17.9 Å². The quantitative estimate of drug-likeness (QED) is 0.789. The van der Waals surface area contributed by atoms with Crippen LogP contribution in [-0.4, -0.2) is 29.4 Å². The molecule has 0 radical (unpaired) electrons. The van der Waals surface area contributed by atoms with Crippen LogP contribution in [0.5, 0.6) is 0 Å². The minimum absolute atomic E-state index is 0.00770. The second-order valence-corrected chi connectivity index (χ2v) is 7.03. The maximum atomic E-state index is 12.0. The van der Waals surface area contributed by atoms with E-state index >= 15 is 0 Å². The van der Waals surface area contributed by atoms with Gasteiger partial charge in [0.1, 0.15) is 0 Å². The third-order valence-corrected chi connectivity index (χ3v) is 4.99. The molecule has 116 valence electrons. The van der Waals surface area contributed by atoms with Crippen LogP contribution >= 0.6 is 23.4 Å². The summed E-state index contributed by atoms with van der Waals surface area (Å²) >= 11 is 7.72. The molecule has 21 heavy (non-hydrogen) atoms. The Morgan fingerprint density at radius 3 is 3.05 bits per heavy atom. The van der Waals surface area contributed by atoms with Gasteiger partial charge in [0.15, 0.2) is 0 Å². The molecule has 1 aliphatic carbocycles. The Balaban J connectivity index is 1.60. The van der Waals surface area contributed by atoms with Gasteiger partial charge in [0.05, 0.1) is 6.10 Å². The number of benzene rings is 1. The van der Waals surface area contributed by atoms with Crippen molar-refractivity contribution in [2.75, 3.05) is 12.3 Å². The van der Waals surface area contributed by atoms with Gasteiger partial charge in [-0.05, 0) is 37.0 Å². The predicted molar refractivity (Wildman–Crippen MR) is 88.6 cm³/mol. The van der Waals surface area contributed by atoms with E-state index in [0.29, 0.717) is 13.0 Å². The van der Waals surface area contributed by atoms with Crippen molar-refractivity contribution >= 4 is 29.3 Å². The molecule has 0 saturated heterocycles. The van der Waals surface area contributed by atoms with Crippen LogP contribution in [0, 0.1) is 5.92 Å². The summed E-state index contributed by atoms with van der Waals surface area (Å²) in [4.78, 5) is 12.0. The van der Waals surface area contributed by atoms with E-state index in [2.05, 4.69) is 11.4 Å². The first kappa shape index (κ1) is 16.7. The van der Waals surface area contributed by atoms with Gasteiger partial charge in [0.25, 0.3) is 0 Å². The third kappa shape index (κ3) is 5.89. The number of thioether (sulfide) groups is 1. The van der Waals surface area contributed by atoms with Crippen LogP contribution in [0.4, 0.5) is 0 Å². The van der Waals surface area contributed by atoms with E-state index in [9.17, 15) is 9.90 Å².